The van der Waals surface area contributed by atoms with Crippen LogP contribution in [0.4, 0.5) is 0 Å². The maximum Gasteiger partial charge on any atom is 0.116 e. The smallest absolute Gasteiger partial charge is 0.116 e. The van der Waals surface area contributed by atoms with Gasteiger partial charge in [0, 0.05) is 0 Å². The molecule has 3 heteroatoms. The normalized spacial score (nSPS) is 14.4. The summed E-state index contributed by atoms with van der Waals surface area (Å²) in [7, 11) is 0. The zero-order chi connectivity index (χ0) is 35.2. The van der Waals surface area contributed by atoms with E-state index < -0.39 is 17.8 Å². The average molecular weight is 681 g/mol. The van der Waals surface area contributed by atoms with Gasteiger partial charge in [-0.3, -0.25) is 0 Å². The average Bonchev–Trinajstić information content (AvgIpc) is 3.09. The lowest BCUT2D eigenvalue weighted by molar-refractivity contribution is -0.156. The molecule has 2 unspecified atom stereocenters. The molecular weight excluding hydrogens is 588 g/mol. The summed E-state index contributed by atoms with van der Waals surface area (Å²) < 4.78 is 0. The Bertz CT molecular complexity index is 559. The third-order valence-electron chi connectivity index (χ3n) is 11.2. The van der Waals surface area contributed by atoms with Crippen LogP contribution in [0, 0.1) is 0 Å². The van der Waals surface area contributed by atoms with Gasteiger partial charge in [-0.25, -0.2) is 0 Å². The first-order valence-electron chi connectivity index (χ1n) is 22.6. The van der Waals surface area contributed by atoms with Crippen molar-refractivity contribution in [2.75, 3.05) is 0 Å². The monoisotopic (exact) mass is 681 g/mol. The first-order chi connectivity index (χ1) is 23.5. The number of unbranched alkanes of at least 4 members (excludes halogenated alkanes) is 33. The van der Waals surface area contributed by atoms with Gasteiger partial charge in [0.2, 0.25) is 0 Å². The van der Waals surface area contributed by atoms with Crippen molar-refractivity contribution in [1.82, 2.24) is 0 Å². The molecule has 0 aliphatic heterocycles. The summed E-state index contributed by atoms with van der Waals surface area (Å²) in [5.74, 6) is 0. The minimum Gasteiger partial charge on any atom is -0.390 e. The second kappa shape index (κ2) is 38.1. The van der Waals surface area contributed by atoms with Crippen molar-refractivity contribution in [3.8, 4) is 0 Å². The van der Waals surface area contributed by atoms with E-state index in [0.29, 0.717) is 19.3 Å². The highest BCUT2D eigenvalue weighted by Crippen LogP contribution is 2.30. The maximum atomic E-state index is 11.8. The van der Waals surface area contributed by atoms with Crippen LogP contribution < -0.4 is 0 Å². The van der Waals surface area contributed by atoms with Crippen LogP contribution in [-0.4, -0.2) is 33.1 Å². The molecule has 0 fully saturated rings. The molecule has 0 aliphatic carbocycles. The van der Waals surface area contributed by atoms with Gasteiger partial charge in [0.1, 0.15) is 5.60 Å². The van der Waals surface area contributed by atoms with Crippen LogP contribution in [-0.2, 0) is 0 Å². The Balaban J connectivity index is 4.37. The third-order valence-corrected chi connectivity index (χ3v) is 11.2. The highest BCUT2D eigenvalue weighted by molar-refractivity contribution is 4.93. The lowest BCUT2D eigenvalue weighted by Crippen LogP contribution is -2.52. The summed E-state index contributed by atoms with van der Waals surface area (Å²) in [5, 5.41) is 34.3. The molecule has 2 atom stereocenters. The Morgan fingerprint density at radius 3 is 0.708 bits per heavy atom. The number of hydrogen-bond acceptors (Lipinski definition) is 3. The molecule has 0 saturated carbocycles. The van der Waals surface area contributed by atoms with E-state index in [2.05, 4.69) is 20.8 Å². The minimum atomic E-state index is -1.35. The van der Waals surface area contributed by atoms with E-state index in [0.717, 1.165) is 38.5 Å². The topological polar surface area (TPSA) is 60.7 Å². The summed E-state index contributed by atoms with van der Waals surface area (Å²) in [6.45, 7) is 6.84. The van der Waals surface area contributed by atoms with Crippen LogP contribution in [0.15, 0.2) is 0 Å². The molecule has 0 aromatic rings. The first kappa shape index (κ1) is 47.9. The molecule has 48 heavy (non-hydrogen) atoms. The molecule has 3 nitrogen and oxygen atoms in total. The predicted octanol–water partition coefficient (Wildman–Crippen LogP) is 14.7. The summed E-state index contributed by atoms with van der Waals surface area (Å²) in [6, 6.07) is 0. The number of hydrogen-bond donors (Lipinski definition) is 3. The van der Waals surface area contributed by atoms with Crippen LogP contribution in [0.1, 0.15) is 271 Å². The van der Waals surface area contributed by atoms with E-state index in [-0.39, 0.29) is 0 Å². The molecular formula is C45H92O3. The summed E-state index contributed by atoms with van der Waals surface area (Å²) >= 11 is 0. The van der Waals surface area contributed by atoms with Crippen molar-refractivity contribution in [2.24, 2.45) is 0 Å². The second-order valence-electron chi connectivity index (χ2n) is 16.0. The fraction of sp³-hybridized carbons (Fsp3) is 1.00. The van der Waals surface area contributed by atoms with Gasteiger partial charge in [-0.1, -0.05) is 252 Å². The van der Waals surface area contributed by atoms with Gasteiger partial charge in [0.25, 0.3) is 0 Å². The summed E-state index contributed by atoms with van der Waals surface area (Å²) in [4.78, 5) is 0. The van der Waals surface area contributed by atoms with Crippen LogP contribution >= 0.6 is 0 Å². The highest BCUT2D eigenvalue weighted by atomic mass is 16.4. The summed E-state index contributed by atoms with van der Waals surface area (Å²) in [6.07, 6.45) is 46.6. The molecule has 0 saturated heterocycles. The molecule has 290 valence electrons. The fourth-order valence-corrected chi connectivity index (χ4v) is 7.66. The number of rotatable bonds is 41. The second-order valence-corrected chi connectivity index (χ2v) is 16.0. The molecule has 3 N–H and O–H groups in total. The van der Waals surface area contributed by atoms with E-state index in [1.807, 2.05) is 0 Å². The zero-order valence-corrected chi connectivity index (χ0v) is 33.6. The lowest BCUT2D eigenvalue weighted by atomic mass is 9.80. The molecule has 0 aromatic carbocycles. The fourth-order valence-electron chi connectivity index (χ4n) is 7.66. The minimum absolute atomic E-state index is 0.531. The van der Waals surface area contributed by atoms with Crippen molar-refractivity contribution in [2.45, 2.75) is 289 Å². The van der Waals surface area contributed by atoms with Crippen molar-refractivity contribution >= 4 is 0 Å². The largest absolute Gasteiger partial charge is 0.390 e. The van der Waals surface area contributed by atoms with Gasteiger partial charge in [-0.2, -0.15) is 0 Å². The van der Waals surface area contributed by atoms with Crippen LogP contribution in [0.2, 0.25) is 0 Å². The molecule has 0 aliphatic rings. The summed E-state index contributed by atoms with van der Waals surface area (Å²) in [5.41, 5.74) is -1.35. The van der Waals surface area contributed by atoms with Crippen molar-refractivity contribution in [1.29, 1.82) is 0 Å². The molecule has 0 spiro atoms. The Kier molecular flexibility index (Phi) is 38.0. The Morgan fingerprint density at radius 1 is 0.292 bits per heavy atom. The van der Waals surface area contributed by atoms with E-state index in [1.54, 1.807) is 0 Å². The van der Waals surface area contributed by atoms with E-state index in [1.165, 1.54) is 193 Å². The van der Waals surface area contributed by atoms with Crippen LogP contribution in [0.5, 0.6) is 0 Å². The lowest BCUT2D eigenvalue weighted by Gasteiger charge is -2.38. The van der Waals surface area contributed by atoms with Crippen LogP contribution in [0.25, 0.3) is 0 Å². The third kappa shape index (κ3) is 30.7. The number of aliphatic hydroxyl groups is 3. The van der Waals surface area contributed by atoms with Gasteiger partial charge >= 0.3 is 0 Å². The Hall–Kier alpha value is -0.120. The van der Waals surface area contributed by atoms with Gasteiger partial charge < -0.3 is 15.3 Å². The Morgan fingerprint density at radius 2 is 0.479 bits per heavy atom. The molecule has 0 heterocycles. The SMILES string of the molecule is CCCCCCCCCCCCCCC(O)C(O)(CCCCCCCCCCCCCC)C(O)CCCCCCCCCCCCCC. The van der Waals surface area contributed by atoms with Crippen LogP contribution in [0.3, 0.4) is 0 Å². The van der Waals surface area contributed by atoms with E-state index in [4.69, 9.17) is 0 Å². The van der Waals surface area contributed by atoms with E-state index >= 15 is 0 Å². The molecule has 0 rings (SSSR count). The predicted molar refractivity (Wildman–Crippen MR) is 214 cm³/mol. The van der Waals surface area contributed by atoms with Gasteiger partial charge in [-0.15, -0.1) is 0 Å². The quantitative estimate of drug-likeness (QED) is 0.0563. The zero-order valence-electron chi connectivity index (χ0n) is 33.6. The van der Waals surface area contributed by atoms with E-state index in [9.17, 15) is 15.3 Å². The molecule has 0 radical (unpaired) electrons. The highest BCUT2D eigenvalue weighted by Gasteiger charge is 2.41. The Labute approximate surface area is 303 Å². The van der Waals surface area contributed by atoms with Gasteiger partial charge in [-0.05, 0) is 19.3 Å². The standard InChI is InChI=1S/C45H92O3/c1-4-7-10-13-16-19-22-25-28-31-34-37-40-43(46)45(48,42-39-36-33-30-27-24-21-18-15-12-9-6-3)44(47)41-38-35-32-29-26-23-20-17-14-11-8-5-2/h43-44,46-48H,4-42H2,1-3H3. The van der Waals surface area contributed by atoms with Gasteiger partial charge in [0.05, 0.1) is 12.2 Å². The number of aliphatic hydroxyl groups excluding tert-OH is 2. The van der Waals surface area contributed by atoms with Crippen molar-refractivity contribution in [3.05, 3.63) is 0 Å². The van der Waals surface area contributed by atoms with Crippen molar-refractivity contribution < 1.29 is 15.3 Å². The van der Waals surface area contributed by atoms with Gasteiger partial charge in [0.15, 0.2) is 0 Å². The van der Waals surface area contributed by atoms with Crippen molar-refractivity contribution in [3.63, 3.8) is 0 Å². The maximum absolute atomic E-state index is 11.8. The molecule has 0 bridgehead atoms. The first-order valence-corrected chi connectivity index (χ1v) is 22.6. The molecule has 0 amide bonds. The molecule has 0 aromatic heterocycles.